The zero-order chi connectivity index (χ0) is 12.4. The van der Waals surface area contributed by atoms with Gasteiger partial charge >= 0.3 is 11.7 Å². The highest BCUT2D eigenvalue weighted by atomic mass is 16.6. The second-order valence-electron chi connectivity index (χ2n) is 3.84. The first-order chi connectivity index (χ1) is 8.08. The number of aromatic carboxylic acids is 1. The van der Waals surface area contributed by atoms with E-state index in [2.05, 4.69) is 4.98 Å². The molecule has 1 aliphatic carbocycles. The van der Waals surface area contributed by atoms with Crippen molar-refractivity contribution in [3.05, 3.63) is 27.9 Å². The molecular weight excluding hydrogens is 228 g/mol. The Balaban J connectivity index is 2.24. The minimum Gasteiger partial charge on any atom is -0.477 e. The maximum Gasteiger partial charge on any atom is 0.354 e. The number of nitrogens with zero attached hydrogens (tertiary/aromatic N) is 2. The summed E-state index contributed by atoms with van der Waals surface area (Å²) in [6.07, 6.45) is 2.07. The first-order valence-corrected chi connectivity index (χ1v) is 5.09. The van der Waals surface area contributed by atoms with Gasteiger partial charge in [-0.05, 0) is 24.8 Å². The van der Waals surface area contributed by atoms with Crippen LogP contribution in [0.4, 0.5) is 5.69 Å². The number of carbonyl (C=O) groups is 1. The normalized spacial score (nSPS) is 14.4. The molecule has 2 rings (SSSR count). The lowest BCUT2D eigenvalue weighted by atomic mass is 10.3. The van der Waals surface area contributed by atoms with E-state index in [-0.39, 0.29) is 17.3 Å². The third kappa shape index (κ3) is 2.68. The Bertz CT molecular complexity index is 470. The van der Waals surface area contributed by atoms with Crippen LogP contribution in [0.2, 0.25) is 0 Å². The Hall–Kier alpha value is -2.18. The van der Waals surface area contributed by atoms with Gasteiger partial charge in [0.2, 0.25) is 0 Å². The van der Waals surface area contributed by atoms with Gasteiger partial charge < -0.3 is 9.84 Å². The number of carboxylic acid groups (broad SMARTS) is 1. The zero-order valence-corrected chi connectivity index (χ0v) is 8.83. The van der Waals surface area contributed by atoms with Gasteiger partial charge in [-0.2, -0.15) is 0 Å². The van der Waals surface area contributed by atoms with E-state index in [1.165, 1.54) is 0 Å². The van der Waals surface area contributed by atoms with Gasteiger partial charge in [0.25, 0.3) is 5.88 Å². The molecule has 0 aliphatic heterocycles. The Kier molecular flexibility index (Phi) is 2.90. The number of rotatable bonds is 5. The monoisotopic (exact) mass is 238 g/mol. The molecule has 0 unspecified atom stereocenters. The minimum atomic E-state index is -1.24. The molecule has 7 nitrogen and oxygen atoms in total. The van der Waals surface area contributed by atoms with Crippen molar-refractivity contribution >= 4 is 11.7 Å². The summed E-state index contributed by atoms with van der Waals surface area (Å²) in [6, 6.07) is 2.18. The van der Waals surface area contributed by atoms with E-state index >= 15 is 0 Å². The van der Waals surface area contributed by atoms with Gasteiger partial charge in [0.1, 0.15) is 0 Å². The van der Waals surface area contributed by atoms with E-state index < -0.39 is 10.9 Å². The number of pyridine rings is 1. The molecule has 1 aromatic rings. The second kappa shape index (κ2) is 4.36. The molecule has 0 aromatic carbocycles. The van der Waals surface area contributed by atoms with Crippen molar-refractivity contribution in [3.8, 4) is 5.88 Å². The largest absolute Gasteiger partial charge is 0.477 e. The van der Waals surface area contributed by atoms with Crippen molar-refractivity contribution in [2.24, 2.45) is 5.92 Å². The molecule has 1 aromatic heterocycles. The Morgan fingerprint density at radius 2 is 2.29 bits per heavy atom. The molecular formula is C10H10N2O5. The SMILES string of the molecule is O=C(O)c1ccc([N+](=O)[O-])c(OCC2CC2)n1. The first-order valence-electron chi connectivity index (χ1n) is 5.09. The molecule has 1 saturated carbocycles. The van der Waals surface area contributed by atoms with Crippen LogP contribution in [0, 0.1) is 16.0 Å². The Labute approximate surface area is 96.2 Å². The van der Waals surface area contributed by atoms with Gasteiger partial charge in [0, 0.05) is 6.07 Å². The van der Waals surface area contributed by atoms with Crippen LogP contribution in [0.1, 0.15) is 23.3 Å². The van der Waals surface area contributed by atoms with E-state index in [4.69, 9.17) is 9.84 Å². The zero-order valence-electron chi connectivity index (χ0n) is 8.83. The van der Waals surface area contributed by atoms with E-state index in [0.717, 1.165) is 25.0 Å². The number of hydrogen-bond acceptors (Lipinski definition) is 5. The lowest BCUT2D eigenvalue weighted by Gasteiger charge is -2.05. The van der Waals surface area contributed by atoms with Crippen LogP contribution in [-0.4, -0.2) is 27.6 Å². The molecule has 90 valence electrons. The van der Waals surface area contributed by atoms with Gasteiger partial charge in [-0.3, -0.25) is 10.1 Å². The smallest absolute Gasteiger partial charge is 0.354 e. The van der Waals surface area contributed by atoms with Crippen molar-refractivity contribution in [1.29, 1.82) is 0 Å². The van der Waals surface area contributed by atoms with Crippen LogP contribution in [-0.2, 0) is 0 Å². The molecule has 0 atom stereocenters. The van der Waals surface area contributed by atoms with E-state index in [1.807, 2.05) is 0 Å². The highest BCUT2D eigenvalue weighted by Gasteiger charge is 2.25. The summed E-state index contributed by atoms with van der Waals surface area (Å²) in [5.41, 5.74) is -0.572. The third-order valence-corrected chi connectivity index (χ3v) is 2.41. The predicted octanol–water partition coefficient (Wildman–Crippen LogP) is 1.48. The molecule has 1 fully saturated rings. The summed E-state index contributed by atoms with van der Waals surface area (Å²) in [5.74, 6) is -1.05. The number of carboxylic acids is 1. The third-order valence-electron chi connectivity index (χ3n) is 2.41. The van der Waals surface area contributed by atoms with Crippen LogP contribution in [0.5, 0.6) is 5.88 Å². The maximum absolute atomic E-state index is 10.7. The van der Waals surface area contributed by atoms with Crippen molar-refractivity contribution in [2.75, 3.05) is 6.61 Å². The van der Waals surface area contributed by atoms with Gasteiger partial charge in [0.15, 0.2) is 5.69 Å². The van der Waals surface area contributed by atoms with E-state index in [0.29, 0.717) is 12.5 Å². The summed E-state index contributed by atoms with van der Waals surface area (Å²) < 4.78 is 5.20. The number of aromatic nitrogens is 1. The fraction of sp³-hybridized carbons (Fsp3) is 0.400. The lowest BCUT2D eigenvalue weighted by Crippen LogP contribution is -2.07. The average Bonchev–Trinajstić information content (AvgIpc) is 3.09. The van der Waals surface area contributed by atoms with Gasteiger partial charge in [0.05, 0.1) is 11.5 Å². The molecule has 0 radical (unpaired) electrons. The van der Waals surface area contributed by atoms with Gasteiger partial charge in [-0.25, -0.2) is 9.78 Å². The standard InChI is InChI=1S/C10H10N2O5/c13-10(14)7-3-4-8(12(15)16)9(11-7)17-5-6-1-2-6/h3-4,6H,1-2,5H2,(H,13,14). The van der Waals surface area contributed by atoms with Crippen LogP contribution in [0.15, 0.2) is 12.1 Å². The lowest BCUT2D eigenvalue weighted by molar-refractivity contribution is -0.386. The minimum absolute atomic E-state index is 0.221. The summed E-state index contributed by atoms with van der Waals surface area (Å²) in [4.78, 5) is 24.4. The van der Waals surface area contributed by atoms with Crippen LogP contribution >= 0.6 is 0 Å². The second-order valence-corrected chi connectivity index (χ2v) is 3.84. The maximum atomic E-state index is 10.7. The average molecular weight is 238 g/mol. The molecule has 17 heavy (non-hydrogen) atoms. The Morgan fingerprint density at radius 1 is 1.59 bits per heavy atom. The van der Waals surface area contributed by atoms with Crippen LogP contribution in [0.3, 0.4) is 0 Å². The summed E-state index contributed by atoms with van der Waals surface area (Å²) in [5, 5.41) is 19.4. The molecule has 0 spiro atoms. The van der Waals surface area contributed by atoms with E-state index in [1.54, 1.807) is 0 Å². The van der Waals surface area contributed by atoms with Gasteiger partial charge in [-0.1, -0.05) is 0 Å². The number of ether oxygens (including phenoxy) is 1. The van der Waals surface area contributed by atoms with Crippen LogP contribution in [0.25, 0.3) is 0 Å². The molecule has 0 bridgehead atoms. The number of nitro groups is 1. The van der Waals surface area contributed by atoms with Crippen molar-refractivity contribution in [1.82, 2.24) is 4.98 Å². The van der Waals surface area contributed by atoms with Crippen molar-refractivity contribution in [2.45, 2.75) is 12.8 Å². The molecule has 1 heterocycles. The fourth-order valence-corrected chi connectivity index (χ4v) is 1.28. The number of hydrogen-bond donors (Lipinski definition) is 1. The highest BCUT2D eigenvalue weighted by Crippen LogP contribution is 2.31. The van der Waals surface area contributed by atoms with E-state index in [9.17, 15) is 14.9 Å². The quantitative estimate of drug-likeness (QED) is 0.615. The molecule has 0 saturated heterocycles. The van der Waals surface area contributed by atoms with Gasteiger partial charge in [-0.15, -0.1) is 0 Å². The first kappa shape index (κ1) is 11.3. The molecule has 1 aliphatic rings. The predicted molar refractivity (Wildman–Crippen MR) is 56.1 cm³/mol. The summed E-state index contributed by atoms with van der Waals surface area (Å²) >= 11 is 0. The molecule has 0 amide bonds. The molecule has 1 N–H and O–H groups in total. The summed E-state index contributed by atoms with van der Waals surface area (Å²) in [6.45, 7) is 0.344. The topological polar surface area (TPSA) is 103 Å². The van der Waals surface area contributed by atoms with Crippen molar-refractivity contribution < 1.29 is 19.6 Å². The van der Waals surface area contributed by atoms with Crippen molar-refractivity contribution in [3.63, 3.8) is 0 Å². The fourth-order valence-electron chi connectivity index (χ4n) is 1.28. The highest BCUT2D eigenvalue weighted by molar-refractivity contribution is 5.85. The van der Waals surface area contributed by atoms with Crippen LogP contribution < -0.4 is 4.74 Å². The Morgan fingerprint density at radius 3 is 2.82 bits per heavy atom. The molecule has 7 heteroatoms. The summed E-state index contributed by atoms with van der Waals surface area (Å²) in [7, 11) is 0.